The van der Waals surface area contributed by atoms with E-state index in [-0.39, 0.29) is 18.2 Å². The fourth-order valence-corrected chi connectivity index (χ4v) is 2.23. The number of hydrogen-bond donors (Lipinski definition) is 2. The zero-order valence-corrected chi connectivity index (χ0v) is 10.9. The van der Waals surface area contributed by atoms with Crippen LogP contribution in [0.3, 0.4) is 0 Å². The molecule has 1 aromatic rings. The molecule has 0 amide bonds. The van der Waals surface area contributed by atoms with E-state index < -0.39 is 10.0 Å². The Kier molecular flexibility index (Phi) is 5.52. The van der Waals surface area contributed by atoms with Gasteiger partial charge in [-0.2, -0.15) is 4.98 Å². The molecule has 17 heavy (non-hydrogen) atoms. The van der Waals surface area contributed by atoms with E-state index in [9.17, 15) is 8.42 Å². The largest absolute Gasteiger partial charge is 0.338 e. The molecular formula is C9H18N4O3S. The fraction of sp³-hybridized carbons (Fsp3) is 0.778. The number of sulfonamides is 1. The first-order valence-corrected chi connectivity index (χ1v) is 7.16. The summed E-state index contributed by atoms with van der Waals surface area (Å²) in [4.78, 5) is 3.91. The van der Waals surface area contributed by atoms with Gasteiger partial charge in [0.05, 0.1) is 12.3 Å². The van der Waals surface area contributed by atoms with Gasteiger partial charge in [-0.1, -0.05) is 12.1 Å². The van der Waals surface area contributed by atoms with Crippen molar-refractivity contribution < 1.29 is 12.9 Å². The molecule has 7 nitrogen and oxygen atoms in total. The number of rotatable bonds is 8. The summed E-state index contributed by atoms with van der Waals surface area (Å²) in [5.41, 5.74) is 0. The van der Waals surface area contributed by atoms with E-state index in [0.717, 1.165) is 6.54 Å². The second-order valence-corrected chi connectivity index (χ2v) is 5.51. The van der Waals surface area contributed by atoms with Gasteiger partial charge in [-0.25, -0.2) is 13.1 Å². The number of nitrogens with one attached hydrogen (secondary N) is 2. The second kappa shape index (κ2) is 6.67. The van der Waals surface area contributed by atoms with Gasteiger partial charge >= 0.3 is 0 Å². The summed E-state index contributed by atoms with van der Waals surface area (Å²) in [6, 6.07) is 0. The fourth-order valence-electron chi connectivity index (χ4n) is 1.22. The van der Waals surface area contributed by atoms with Gasteiger partial charge in [0.25, 0.3) is 0 Å². The summed E-state index contributed by atoms with van der Waals surface area (Å²) in [7, 11) is -3.27. The first-order chi connectivity index (χ1) is 8.03. The zero-order chi connectivity index (χ0) is 12.7. The summed E-state index contributed by atoms with van der Waals surface area (Å²) in [6.07, 6.45) is 0.575. The molecule has 0 unspecified atom stereocenters. The predicted molar refractivity (Wildman–Crippen MR) is 62.8 cm³/mol. The summed E-state index contributed by atoms with van der Waals surface area (Å²) < 4.78 is 30.3. The van der Waals surface area contributed by atoms with Crippen molar-refractivity contribution >= 4 is 10.0 Å². The van der Waals surface area contributed by atoms with Crippen LogP contribution in [0.15, 0.2) is 4.52 Å². The van der Waals surface area contributed by atoms with Crippen LogP contribution in [-0.2, 0) is 16.6 Å². The molecule has 98 valence electrons. The molecule has 1 heterocycles. The standard InChI is InChI=1S/C9H18N4O3S/c1-3-10-5-4-6-17(14,15)11-7-9-12-8(2)13-16-9/h10-11H,3-7H2,1-2H3. The van der Waals surface area contributed by atoms with E-state index >= 15 is 0 Å². The predicted octanol–water partition coefficient (Wildman–Crippen LogP) is -0.203. The van der Waals surface area contributed by atoms with Crippen molar-refractivity contribution in [3.05, 3.63) is 11.7 Å². The lowest BCUT2D eigenvalue weighted by atomic mass is 10.5. The smallest absolute Gasteiger partial charge is 0.241 e. The molecule has 0 spiro atoms. The van der Waals surface area contributed by atoms with Gasteiger partial charge in [0, 0.05) is 0 Å². The molecule has 1 aromatic heterocycles. The number of nitrogens with zero attached hydrogens (tertiary/aromatic N) is 2. The maximum absolute atomic E-state index is 11.5. The third-order valence-corrected chi connectivity index (χ3v) is 3.44. The Morgan fingerprint density at radius 3 is 2.76 bits per heavy atom. The normalized spacial score (nSPS) is 11.9. The lowest BCUT2D eigenvalue weighted by molar-refractivity contribution is 0.372. The first-order valence-electron chi connectivity index (χ1n) is 5.50. The Bertz CT molecular complexity index is 429. The lowest BCUT2D eigenvalue weighted by Crippen LogP contribution is -2.28. The molecule has 0 aliphatic heterocycles. The zero-order valence-electron chi connectivity index (χ0n) is 10.1. The van der Waals surface area contributed by atoms with Crippen LogP contribution in [0.5, 0.6) is 0 Å². The van der Waals surface area contributed by atoms with Crippen molar-refractivity contribution in [1.82, 2.24) is 20.2 Å². The highest BCUT2D eigenvalue weighted by Crippen LogP contribution is 1.97. The molecule has 0 aromatic carbocycles. The molecule has 8 heteroatoms. The molecule has 0 bridgehead atoms. The van der Waals surface area contributed by atoms with Crippen molar-refractivity contribution in [2.45, 2.75) is 26.8 Å². The van der Waals surface area contributed by atoms with Gasteiger partial charge in [0.2, 0.25) is 15.9 Å². The maximum atomic E-state index is 11.5. The molecule has 0 atom stereocenters. The van der Waals surface area contributed by atoms with Gasteiger partial charge in [-0.05, 0) is 26.4 Å². The Morgan fingerprint density at radius 1 is 1.41 bits per heavy atom. The third-order valence-electron chi connectivity index (χ3n) is 2.03. The Labute approximate surface area is 101 Å². The van der Waals surface area contributed by atoms with E-state index in [0.29, 0.717) is 18.8 Å². The van der Waals surface area contributed by atoms with Gasteiger partial charge in [-0.15, -0.1) is 0 Å². The van der Waals surface area contributed by atoms with E-state index in [1.165, 1.54) is 0 Å². The molecule has 0 fully saturated rings. The molecular weight excluding hydrogens is 244 g/mol. The summed E-state index contributed by atoms with van der Waals surface area (Å²) in [5.74, 6) is 0.858. The van der Waals surface area contributed by atoms with Gasteiger partial charge in [-0.3, -0.25) is 0 Å². The molecule has 1 rings (SSSR count). The number of aromatic nitrogens is 2. The van der Waals surface area contributed by atoms with Crippen LogP contribution >= 0.6 is 0 Å². The quantitative estimate of drug-likeness (QED) is 0.630. The van der Waals surface area contributed by atoms with Crippen molar-refractivity contribution in [3.63, 3.8) is 0 Å². The summed E-state index contributed by atoms with van der Waals surface area (Å²) >= 11 is 0. The van der Waals surface area contributed by atoms with Crippen molar-refractivity contribution in [2.24, 2.45) is 0 Å². The van der Waals surface area contributed by atoms with Crippen molar-refractivity contribution in [1.29, 1.82) is 0 Å². The minimum atomic E-state index is -3.27. The topological polar surface area (TPSA) is 97.1 Å². The SMILES string of the molecule is CCNCCCS(=O)(=O)NCc1nc(C)no1. The third kappa shape index (κ3) is 5.76. The maximum Gasteiger partial charge on any atom is 0.241 e. The molecule has 0 saturated heterocycles. The van der Waals surface area contributed by atoms with Crippen LogP contribution in [0, 0.1) is 6.92 Å². The average Bonchev–Trinajstić information content (AvgIpc) is 2.68. The van der Waals surface area contributed by atoms with Crippen LogP contribution in [0.2, 0.25) is 0 Å². The Balaban J connectivity index is 2.29. The first kappa shape index (κ1) is 14.1. The minimum Gasteiger partial charge on any atom is -0.338 e. The van der Waals surface area contributed by atoms with E-state index in [4.69, 9.17) is 4.52 Å². The van der Waals surface area contributed by atoms with Crippen LogP contribution in [0.25, 0.3) is 0 Å². The van der Waals surface area contributed by atoms with Gasteiger partial charge in [0.1, 0.15) is 0 Å². The average molecular weight is 262 g/mol. The van der Waals surface area contributed by atoms with E-state index in [1.807, 2.05) is 6.92 Å². The van der Waals surface area contributed by atoms with Crippen LogP contribution < -0.4 is 10.0 Å². The summed E-state index contributed by atoms with van der Waals surface area (Å²) in [5, 5.41) is 6.64. The monoisotopic (exact) mass is 262 g/mol. The van der Waals surface area contributed by atoms with Crippen molar-refractivity contribution in [3.8, 4) is 0 Å². The molecule has 0 aliphatic carbocycles. The second-order valence-electron chi connectivity index (χ2n) is 3.58. The Hall–Kier alpha value is -0.990. The van der Waals surface area contributed by atoms with Crippen LogP contribution in [-0.4, -0.2) is 37.4 Å². The van der Waals surface area contributed by atoms with E-state index in [1.54, 1.807) is 6.92 Å². The highest BCUT2D eigenvalue weighted by molar-refractivity contribution is 7.89. The minimum absolute atomic E-state index is 0.0460. The van der Waals surface area contributed by atoms with E-state index in [2.05, 4.69) is 20.2 Å². The lowest BCUT2D eigenvalue weighted by Gasteiger charge is -2.04. The van der Waals surface area contributed by atoms with Gasteiger partial charge in [0.15, 0.2) is 5.82 Å². The molecule has 2 N–H and O–H groups in total. The van der Waals surface area contributed by atoms with Crippen molar-refractivity contribution in [2.75, 3.05) is 18.8 Å². The molecule has 0 aliphatic rings. The Morgan fingerprint density at radius 2 is 2.18 bits per heavy atom. The van der Waals surface area contributed by atoms with Crippen LogP contribution in [0.1, 0.15) is 25.1 Å². The highest BCUT2D eigenvalue weighted by Gasteiger charge is 2.11. The van der Waals surface area contributed by atoms with Gasteiger partial charge < -0.3 is 9.84 Å². The highest BCUT2D eigenvalue weighted by atomic mass is 32.2. The number of aryl methyl sites for hydroxylation is 1. The molecule has 0 saturated carbocycles. The summed E-state index contributed by atoms with van der Waals surface area (Å²) in [6.45, 7) is 5.23. The number of hydrogen-bond acceptors (Lipinski definition) is 6. The molecule has 0 radical (unpaired) electrons. The van der Waals surface area contributed by atoms with Crippen LogP contribution in [0.4, 0.5) is 0 Å².